The van der Waals surface area contributed by atoms with E-state index in [0.29, 0.717) is 12.0 Å². The molecule has 0 radical (unpaired) electrons. The van der Waals surface area contributed by atoms with Gasteiger partial charge in [-0.1, -0.05) is 36.9 Å². The van der Waals surface area contributed by atoms with E-state index in [-0.39, 0.29) is 5.78 Å². The highest BCUT2D eigenvalue weighted by Gasteiger charge is 2.19. The van der Waals surface area contributed by atoms with E-state index in [0.717, 1.165) is 12.0 Å². The molecule has 0 saturated carbocycles. The summed E-state index contributed by atoms with van der Waals surface area (Å²) in [6.45, 7) is 6.46. The van der Waals surface area contributed by atoms with Gasteiger partial charge in [-0.2, -0.15) is 0 Å². The highest BCUT2D eigenvalue weighted by atomic mass is 16.5. The number of Topliss-reactive ketones (excluding diaryl/α,β-unsaturated/α-hetero) is 1. The van der Waals surface area contributed by atoms with E-state index in [9.17, 15) is 9.59 Å². The number of hydrogen-bond acceptors (Lipinski definition) is 3. The zero-order valence-corrected chi connectivity index (χ0v) is 10.8. The summed E-state index contributed by atoms with van der Waals surface area (Å²) in [7, 11) is 0. The number of rotatable bonds is 6. The first-order chi connectivity index (χ1) is 8.50. The Bertz CT molecular complexity index is 434. The molecule has 1 rings (SSSR count). The van der Waals surface area contributed by atoms with Crippen LogP contribution in [0.4, 0.5) is 0 Å². The number of ketones is 1. The van der Waals surface area contributed by atoms with E-state index in [1.165, 1.54) is 13.8 Å². The number of carbonyl (C=O) groups excluding carboxylic acids is 2. The Kier molecular flexibility index (Phi) is 5.31. The minimum Gasteiger partial charge on any atom is -0.458 e. The van der Waals surface area contributed by atoms with E-state index >= 15 is 0 Å². The van der Waals surface area contributed by atoms with E-state index in [2.05, 4.69) is 6.58 Å². The van der Waals surface area contributed by atoms with E-state index in [4.69, 9.17) is 4.74 Å². The molecule has 0 aliphatic heterocycles. The minimum atomic E-state index is -0.528. The topological polar surface area (TPSA) is 43.4 Å². The van der Waals surface area contributed by atoms with Gasteiger partial charge in [0, 0.05) is 12.5 Å². The summed E-state index contributed by atoms with van der Waals surface area (Å²) in [6.07, 6.45) is 0.785. The highest BCUT2D eigenvalue weighted by molar-refractivity contribution is 5.93. The first-order valence-corrected chi connectivity index (χ1v) is 5.91. The Hall–Kier alpha value is -1.90. The molecule has 0 amide bonds. The van der Waals surface area contributed by atoms with Crippen molar-refractivity contribution >= 4 is 11.8 Å². The summed E-state index contributed by atoms with van der Waals surface area (Å²) < 4.78 is 5.14. The molecule has 3 heteroatoms. The van der Waals surface area contributed by atoms with E-state index in [1.807, 2.05) is 30.3 Å². The third-order valence-electron chi connectivity index (χ3n) is 2.69. The van der Waals surface area contributed by atoms with Crippen molar-refractivity contribution in [3.63, 3.8) is 0 Å². The number of benzene rings is 1. The second kappa shape index (κ2) is 6.74. The van der Waals surface area contributed by atoms with E-state index in [1.54, 1.807) is 0 Å². The first-order valence-electron chi connectivity index (χ1n) is 5.91. The number of hydrogen-bond donors (Lipinski definition) is 0. The van der Waals surface area contributed by atoms with Crippen LogP contribution in [0.15, 0.2) is 42.5 Å². The molecular weight excluding hydrogens is 228 g/mol. The van der Waals surface area contributed by atoms with Gasteiger partial charge in [0.05, 0.1) is 0 Å². The molecule has 0 saturated heterocycles. The largest absolute Gasteiger partial charge is 0.458 e. The normalized spacial score (nSPS) is 11.7. The van der Waals surface area contributed by atoms with Gasteiger partial charge in [-0.3, -0.25) is 9.59 Å². The molecule has 0 aliphatic rings. The summed E-state index contributed by atoms with van der Waals surface area (Å²) in [4.78, 5) is 22.3. The molecular formula is C15H18O3. The van der Waals surface area contributed by atoms with Gasteiger partial charge in [-0.15, -0.1) is 0 Å². The minimum absolute atomic E-state index is 0.144. The van der Waals surface area contributed by atoms with Crippen molar-refractivity contribution in [2.75, 3.05) is 0 Å². The summed E-state index contributed by atoms with van der Waals surface area (Å²) >= 11 is 0. The van der Waals surface area contributed by atoms with Crippen LogP contribution in [0.2, 0.25) is 0 Å². The molecule has 96 valence electrons. The van der Waals surface area contributed by atoms with Crippen LogP contribution >= 0.6 is 0 Å². The molecule has 1 aromatic rings. The van der Waals surface area contributed by atoms with Gasteiger partial charge < -0.3 is 4.74 Å². The Morgan fingerprint density at radius 2 is 1.83 bits per heavy atom. The van der Waals surface area contributed by atoms with Gasteiger partial charge in [0.25, 0.3) is 0 Å². The summed E-state index contributed by atoms with van der Waals surface area (Å²) in [6, 6.07) is 9.86. The van der Waals surface area contributed by atoms with Crippen molar-refractivity contribution in [1.29, 1.82) is 0 Å². The summed E-state index contributed by atoms with van der Waals surface area (Å²) in [5.41, 5.74) is 1.49. The molecule has 1 atom stereocenters. The lowest BCUT2D eigenvalue weighted by atomic mass is 10.00. The maximum Gasteiger partial charge on any atom is 0.303 e. The van der Waals surface area contributed by atoms with Gasteiger partial charge >= 0.3 is 5.97 Å². The number of carbonyl (C=O) groups is 2. The van der Waals surface area contributed by atoms with Crippen LogP contribution in [0.5, 0.6) is 0 Å². The van der Waals surface area contributed by atoms with Gasteiger partial charge in [0.1, 0.15) is 6.10 Å². The van der Waals surface area contributed by atoms with Gasteiger partial charge in [-0.25, -0.2) is 0 Å². The fourth-order valence-corrected chi connectivity index (χ4v) is 1.67. The smallest absolute Gasteiger partial charge is 0.303 e. The Labute approximate surface area is 107 Å². The lowest BCUT2D eigenvalue weighted by molar-refractivity contribution is -0.145. The Morgan fingerprint density at radius 1 is 1.22 bits per heavy atom. The Morgan fingerprint density at radius 3 is 2.33 bits per heavy atom. The number of esters is 1. The van der Waals surface area contributed by atoms with E-state index < -0.39 is 12.1 Å². The van der Waals surface area contributed by atoms with Crippen molar-refractivity contribution in [2.24, 2.45) is 0 Å². The maximum atomic E-state index is 11.3. The molecule has 0 spiro atoms. The fraction of sp³-hybridized carbons (Fsp3) is 0.333. The van der Waals surface area contributed by atoms with Crippen LogP contribution < -0.4 is 0 Å². The van der Waals surface area contributed by atoms with Crippen LogP contribution in [0, 0.1) is 0 Å². The van der Waals surface area contributed by atoms with Gasteiger partial charge in [-0.05, 0) is 25.3 Å². The van der Waals surface area contributed by atoms with Crippen molar-refractivity contribution in [2.45, 2.75) is 32.8 Å². The molecule has 3 nitrogen and oxygen atoms in total. The van der Waals surface area contributed by atoms with Crippen LogP contribution in [-0.2, 0) is 20.7 Å². The predicted octanol–water partition coefficient (Wildman–Crippen LogP) is 2.70. The average Bonchev–Trinajstić information content (AvgIpc) is 2.34. The number of aryl methyl sites for hydroxylation is 1. The molecule has 1 unspecified atom stereocenters. The summed E-state index contributed by atoms with van der Waals surface area (Å²) in [5.74, 6) is -0.537. The van der Waals surface area contributed by atoms with Crippen LogP contribution in [0.3, 0.4) is 0 Å². The second-order valence-electron chi connectivity index (χ2n) is 4.20. The lowest BCUT2D eigenvalue weighted by Crippen LogP contribution is -2.22. The first kappa shape index (κ1) is 14.2. The van der Waals surface area contributed by atoms with Crippen molar-refractivity contribution in [1.82, 2.24) is 0 Å². The van der Waals surface area contributed by atoms with Crippen molar-refractivity contribution < 1.29 is 14.3 Å². The molecule has 0 heterocycles. The third-order valence-corrected chi connectivity index (χ3v) is 2.69. The highest BCUT2D eigenvalue weighted by Crippen LogP contribution is 2.14. The molecule has 1 aromatic carbocycles. The summed E-state index contributed by atoms with van der Waals surface area (Å²) in [5, 5.41) is 0. The molecule has 0 aromatic heterocycles. The third kappa shape index (κ3) is 4.53. The monoisotopic (exact) mass is 246 g/mol. The van der Waals surface area contributed by atoms with Gasteiger partial charge in [0.2, 0.25) is 0 Å². The molecule has 0 fully saturated rings. The maximum absolute atomic E-state index is 11.3. The predicted molar refractivity (Wildman–Crippen MR) is 70.1 cm³/mol. The lowest BCUT2D eigenvalue weighted by Gasteiger charge is -2.17. The van der Waals surface area contributed by atoms with Crippen LogP contribution in [0.25, 0.3) is 0 Å². The Balaban J connectivity index is 2.64. The van der Waals surface area contributed by atoms with Crippen LogP contribution in [-0.4, -0.2) is 17.9 Å². The fourth-order valence-electron chi connectivity index (χ4n) is 1.67. The zero-order chi connectivity index (χ0) is 13.5. The van der Waals surface area contributed by atoms with Crippen molar-refractivity contribution in [3.8, 4) is 0 Å². The standard InChI is InChI=1S/C15H18O3/c1-11(12(2)16)15(18-13(3)17)10-9-14-7-5-4-6-8-14/h4-8,15H,1,9-10H2,2-3H3. The zero-order valence-electron chi connectivity index (χ0n) is 10.8. The molecule has 18 heavy (non-hydrogen) atoms. The quantitative estimate of drug-likeness (QED) is 0.572. The second-order valence-corrected chi connectivity index (χ2v) is 4.20. The molecule has 0 bridgehead atoms. The number of ether oxygens (including phenoxy) is 1. The SMILES string of the molecule is C=C(C(C)=O)C(CCc1ccccc1)OC(C)=O. The average molecular weight is 246 g/mol. The molecule has 0 N–H and O–H groups in total. The van der Waals surface area contributed by atoms with Gasteiger partial charge in [0.15, 0.2) is 5.78 Å². The molecule has 0 aliphatic carbocycles. The van der Waals surface area contributed by atoms with Crippen LogP contribution in [0.1, 0.15) is 25.8 Å². The van der Waals surface area contributed by atoms with Crippen molar-refractivity contribution in [3.05, 3.63) is 48.0 Å².